The molecule has 4 aromatic rings. The molecule has 204 valence electrons. The van der Waals surface area contributed by atoms with E-state index in [1.165, 1.54) is 22.0 Å². The molecule has 0 radical (unpaired) electrons. The number of halogens is 4. The Hall–Kier alpha value is -2.67. The molecule has 0 amide bonds. The summed E-state index contributed by atoms with van der Waals surface area (Å²) in [7, 11) is -6.08. The standard InChI is InChI=1S/C18H15P.C12H12BrF3O3S/c1-4-10-16(11-5-1)19(17-12-6-2-7-13-17)18-14-8-3-9-15-18;13-7-10-5-8-3-1-2-4-9(8)6-11(10)19-20(17,18)12(14,15)16/h1-15H;5-6H,1-4,7H2. The number of alkyl halides is 4. The van der Waals surface area contributed by atoms with Crippen LogP contribution in [-0.4, -0.2) is 13.9 Å². The fourth-order valence-corrected chi connectivity index (χ4v) is 7.57. The summed E-state index contributed by atoms with van der Waals surface area (Å²) in [5, 5.41) is 4.42. The number of hydrogen-bond acceptors (Lipinski definition) is 3. The second kappa shape index (κ2) is 13.1. The maximum absolute atomic E-state index is 12.4. The topological polar surface area (TPSA) is 43.4 Å². The number of rotatable bonds is 6. The first-order valence-electron chi connectivity index (χ1n) is 12.4. The zero-order chi connectivity index (χ0) is 27.9. The molecule has 4 aromatic carbocycles. The molecule has 39 heavy (non-hydrogen) atoms. The van der Waals surface area contributed by atoms with Crippen LogP contribution in [0.4, 0.5) is 13.2 Å². The van der Waals surface area contributed by atoms with Gasteiger partial charge in [0, 0.05) is 10.9 Å². The Bertz CT molecular complexity index is 1370. The molecule has 5 rings (SSSR count). The summed E-state index contributed by atoms with van der Waals surface area (Å²) in [6.07, 6.45) is 3.53. The van der Waals surface area contributed by atoms with Crippen LogP contribution in [0.5, 0.6) is 5.75 Å². The Morgan fingerprint density at radius 3 is 1.51 bits per heavy atom. The first-order chi connectivity index (χ1) is 18.7. The van der Waals surface area contributed by atoms with Crippen molar-refractivity contribution >= 4 is 49.9 Å². The molecule has 0 bridgehead atoms. The van der Waals surface area contributed by atoms with Gasteiger partial charge in [0.25, 0.3) is 0 Å². The molecule has 0 unspecified atom stereocenters. The van der Waals surface area contributed by atoms with Gasteiger partial charge >= 0.3 is 15.6 Å². The Morgan fingerprint density at radius 2 is 1.13 bits per heavy atom. The highest BCUT2D eigenvalue weighted by molar-refractivity contribution is 9.08. The van der Waals surface area contributed by atoms with Crippen molar-refractivity contribution in [2.24, 2.45) is 0 Å². The molecule has 0 atom stereocenters. The van der Waals surface area contributed by atoms with E-state index in [2.05, 4.69) is 111 Å². The molecule has 1 aliphatic rings. The van der Waals surface area contributed by atoms with Crippen LogP contribution in [-0.2, 0) is 28.3 Å². The van der Waals surface area contributed by atoms with Crippen LogP contribution < -0.4 is 20.1 Å². The van der Waals surface area contributed by atoms with Crippen LogP contribution >= 0.6 is 23.9 Å². The zero-order valence-corrected chi connectivity index (χ0v) is 24.2. The van der Waals surface area contributed by atoms with Gasteiger partial charge in [-0.15, -0.1) is 0 Å². The molecule has 0 fully saturated rings. The van der Waals surface area contributed by atoms with Crippen molar-refractivity contribution in [2.45, 2.75) is 36.5 Å². The highest BCUT2D eigenvalue weighted by Crippen LogP contribution is 2.34. The predicted octanol–water partition coefficient (Wildman–Crippen LogP) is 7.13. The summed E-state index contributed by atoms with van der Waals surface area (Å²) in [6, 6.07) is 35.4. The minimum Gasteiger partial charge on any atom is -0.376 e. The van der Waals surface area contributed by atoms with E-state index in [1.807, 2.05) is 0 Å². The first-order valence-corrected chi connectivity index (χ1v) is 16.2. The lowest BCUT2D eigenvalue weighted by molar-refractivity contribution is -0.0500. The van der Waals surface area contributed by atoms with E-state index < -0.39 is 23.5 Å². The molecule has 3 nitrogen and oxygen atoms in total. The highest BCUT2D eigenvalue weighted by Gasteiger charge is 2.48. The van der Waals surface area contributed by atoms with Crippen LogP contribution in [0.2, 0.25) is 0 Å². The lowest BCUT2D eigenvalue weighted by Crippen LogP contribution is -2.28. The summed E-state index contributed by atoms with van der Waals surface area (Å²) < 4.78 is 63.6. The number of fused-ring (bicyclic) bond motifs is 1. The van der Waals surface area contributed by atoms with Crippen molar-refractivity contribution in [2.75, 3.05) is 0 Å². The van der Waals surface area contributed by atoms with Crippen LogP contribution in [0.3, 0.4) is 0 Å². The summed E-state index contributed by atoms with van der Waals surface area (Å²) in [5.41, 5.74) is -3.12. The van der Waals surface area contributed by atoms with Gasteiger partial charge in [-0.3, -0.25) is 0 Å². The van der Waals surface area contributed by atoms with Gasteiger partial charge in [-0.25, -0.2) is 0 Å². The minimum atomic E-state index is -5.63. The molecular weight excluding hydrogens is 608 g/mol. The van der Waals surface area contributed by atoms with Crippen LogP contribution in [0, 0.1) is 0 Å². The van der Waals surface area contributed by atoms with Crippen LogP contribution in [0.25, 0.3) is 0 Å². The number of hydrogen-bond donors (Lipinski definition) is 0. The summed E-state index contributed by atoms with van der Waals surface area (Å²) >= 11 is 3.14. The van der Waals surface area contributed by atoms with Gasteiger partial charge in [0.05, 0.1) is 0 Å². The van der Waals surface area contributed by atoms with Crippen molar-refractivity contribution in [3.8, 4) is 5.75 Å². The fourth-order valence-electron chi connectivity index (χ4n) is 4.34. The molecule has 0 saturated carbocycles. The third-order valence-corrected chi connectivity index (χ3v) is 10.2. The molecular formula is C30H27BrF3O3PS. The summed E-state index contributed by atoms with van der Waals surface area (Å²) in [5.74, 6) is -0.250. The normalized spacial score (nSPS) is 13.3. The summed E-state index contributed by atoms with van der Waals surface area (Å²) in [4.78, 5) is 0. The smallest absolute Gasteiger partial charge is 0.376 e. The van der Waals surface area contributed by atoms with Crippen LogP contribution in [0.15, 0.2) is 103 Å². The first kappa shape index (κ1) is 29.3. The molecule has 0 aromatic heterocycles. The second-order valence-corrected chi connectivity index (χ2v) is 13.2. The lowest BCUT2D eigenvalue weighted by Gasteiger charge is -2.19. The van der Waals surface area contributed by atoms with Crippen molar-refractivity contribution < 1.29 is 25.8 Å². The molecule has 0 aliphatic heterocycles. The third-order valence-electron chi connectivity index (χ3n) is 6.20. The van der Waals surface area contributed by atoms with Gasteiger partial charge in [-0.05, 0) is 66.7 Å². The van der Waals surface area contributed by atoms with E-state index in [1.54, 1.807) is 6.07 Å². The Kier molecular flexibility index (Phi) is 9.86. The second-order valence-electron chi connectivity index (χ2n) is 8.89. The number of aryl methyl sites for hydroxylation is 2. The van der Waals surface area contributed by atoms with E-state index in [-0.39, 0.29) is 11.1 Å². The predicted molar refractivity (Wildman–Crippen MR) is 156 cm³/mol. The molecule has 0 saturated heterocycles. The van der Waals surface area contributed by atoms with Gasteiger partial charge in [0.2, 0.25) is 0 Å². The van der Waals surface area contributed by atoms with Gasteiger partial charge in [-0.2, -0.15) is 21.6 Å². The van der Waals surface area contributed by atoms with E-state index in [9.17, 15) is 21.6 Å². The van der Waals surface area contributed by atoms with Gasteiger partial charge in [0.15, 0.2) is 0 Å². The van der Waals surface area contributed by atoms with Crippen molar-refractivity contribution in [3.63, 3.8) is 0 Å². The highest BCUT2D eigenvalue weighted by atomic mass is 79.9. The van der Waals surface area contributed by atoms with E-state index >= 15 is 0 Å². The maximum Gasteiger partial charge on any atom is 0.534 e. The molecule has 0 heterocycles. The van der Waals surface area contributed by atoms with Gasteiger partial charge in [0.1, 0.15) is 5.75 Å². The quantitative estimate of drug-likeness (QED) is 0.0981. The number of benzene rings is 4. The maximum atomic E-state index is 12.4. The van der Waals surface area contributed by atoms with Crippen LogP contribution in [0.1, 0.15) is 29.5 Å². The Balaban J connectivity index is 0.000000181. The Morgan fingerprint density at radius 1 is 0.718 bits per heavy atom. The SMILES string of the molecule is O=S(=O)(Oc1cc2c(cc1CBr)CCCC2)C(F)(F)F.c1ccc(P(c2ccccc2)c2ccccc2)cc1. The van der Waals surface area contributed by atoms with Gasteiger partial charge in [-0.1, -0.05) is 113 Å². The van der Waals surface area contributed by atoms with Crippen molar-refractivity contribution in [1.29, 1.82) is 0 Å². The monoisotopic (exact) mass is 634 g/mol. The van der Waals surface area contributed by atoms with Crippen molar-refractivity contribution in [3.05, 3.63) is 120 Å². The summed E-state index contributed by atoms with van der Waals surface area (Å²) in [6.45, 7) is 0. The fraction of sp³-hybridized carbons (Fsp3) is 0.200. The Labute approximate surface area is 237 Å². The molecule has 9 heteroatoms. The zero-order valence-electron chi connectivity index (χ0n) is 20.9. The van der Waals surface area contributed by atoms with E-state index in [0.717, 1.165) is 36.8 Å². The molecule has 0 N–H and O–H groups in total. The largest absolute Gasteiger partial charge is 0.534 e. The third kappa shape index (κ3) is 7.50. The lowest BCUT2D eigenvalue weighted by atomic mass is 9.90. The average molecular weight is 635 g/mol. The van der Waals surface area contributed by atoms with E-state index in [4.69, 9.17) is 0 Å². The average Bonchev–Trinajstić information content (AvgIpc) is 2.94. The molecule has 1 aliphatic carbocycles. The molecule has 0 spiro atoms. The van der Waals surface area contributed by atoms with E-state index in [0.29, 0.717) is 5.56 Å². The van der Waals surface area contributed by atoms with Crippen molar-refractivity contribution in [1.82, 2.24) is 0 Å². The van der Waals surface area contributed by atoms with Gasteiger partial charge < -0.3 is 4.18 Å². The minimum absolute atomic E-state index is 0.225.